The predicted molar refractivity (Wildman–Crippen MR) is 129 cm³/mol. The van der Waals surface area contributed by atoms with E-state index < -0.39 is 5.91 Å². The summed E-state index contributed by atoms with van der Waals surface area (Å²) >= 11 is 0. The molecule has 0 aliphatic heterocycles. The Morgan fingerprint density at radius 2 is 1.61 bits per heavy atom. The van der Waals surface area contributed by atoms with Gasteiger partial charge in [-0.15, -0.1) is 10.2 Å². The van der Waals surface area contributed by atoms with Gasteiger partial charge in [0.1, 0.15) is 5.75 Å². The fourth-order valence-electron chi connectivity index (χ4n) is 3.63. The molecule has 33 heavy (non-hydrogen) atoms. The summed E-state index contributed by atoms with van der Waals surface area (Å²) in [6, 6.07) is 25.0. The SMILES string of the molecule is CC(C)(C)c1ccc(OCC(=O)N=Nc2c(O)n(Cc3ccccc3)c3ccccc23)cc1. The molecule has 1 amide bonds. The van der Waals surface area contributed by atoms with E-state index >= 15 is 0 Å². The molecule has 0 aliphatic rings. The van der Waals surface area contributed by atoms with Crippen LogP contribution in [0.5, 0.6) is 11.6 Å². The van der Waals surface area contributed by atoms with E-state index in [0.29, 0.717) is 12.3 Å². The second-order valence-electron chi connectivity index (χ2n) is 8.92. The third kappa shape index (κ3) is 5.12. The van der Waals surface area contributed by atoms with Gasteiger partial charge in [0.05, 0.1) is 12.1 Å². The van der Waals surface area contributed by atoms with Crippen LogP contribution in [0.2, 0.25) is 0 Å². The van der Waals surface area contributed by atoms with E-state index in [-0.39, 0.29) is 23.6 Å². The van der Waals surface area contributed by atoms with Crippen molar-refractivity contribution in [1.82, 2.24) is 4.57 Å². The van der Waals surface area contributed by atoms with Gasteiger partial charge in [0.2, 0.25) is 5.88 Å². The van der Waals surface area contributed by atoms with Crippen molar-refractivity contribution in [2.75, 3.05) is 6.61 Å². The summed E-state index contributed by atoms with van der Waals surface area (Å²) < 4.78 is 7.32. The van der Waals surface area contributed by atoms with E-state index in [0.717, 1.165) is 16.5 Å². The van der Waals surface area contributed by atoms with Crippen molar-refractivity contribution in [3.63, 3.8) is 0 Å². The minimum absolute atomic E-state index is 0.0321. The van der Waals surface area contributed by atoms with Crippen LogP contribution in [-0.2, 0) is 16.8 Å². The molecule has 0 fully saturated rings. The maximum Gasteiger partial charge on any atom is 0.302 e. The number of hydrogen-bond acceptors (Lipinski definition) is 4. The Morgan fingerprint density at radius 3 is 2.30 bits per heavy atom. The second-order valence-corrected chi connectivity index (χ2v) is 8.92. The van der Waals surface area contributed by atoms with Gasteiger partial charge in [0.15, 0.2) is 12.3 Å². The number of ether oxygens (including phenoxy) is 1. The Bertz CT molecular complexity index is 1280. The highest BCUT2D eigenvalue weighted by atomic mass is 16.5. The topological polar surface area (TPSA) is 76.2 Å². The number of azo groups is 1. The van der Waals surface area contributed by atoms with Crippen LogP contribution in [0.15, 0.2) is 89.1 Å². The van der Waals surface area contributed by atoms with Gasteiger partial charge < -0.3 is 14.4 Å². The zero-order valence-corrected chi connectivity index (χ0v) is 19.0. The van der Waals surface area contributed by atoms with Crippen LogP contribution in [0, 0.1) is 0 Å². The molecule has 0 bridgehead atoms. The summed E-state index contributed by atoms with van der Waals surface area (Å²) in [4.78, 5) is 12.3. The molecule has 168 valence electrons. The largest absolute Gasteiger partial charge is 0.493 e. The number of aromatic nitrogens is 1. The molecule has 0 radical (unpaired) electrons. The molecule has 3 aromatic carbocycles. The van der Waals surface area contributed by atoms with Gasteiger partial charge in [0.25, 0.3) is 0 Å². The number of rotatable bonds is 6. The Kier molecular flexibility index (Phi) is 6.27. The first-order valence-electron chi connectivity index (χ1n) is 10.8. The Balaban J connectivity index is 1.49. The highest BCUT2D eigenvalue weighted by Crippen LogP contribution is 2.39. The average Bonchev–Trinajstić information content (AvgIpc) is 3.07. The molecular weight excluding hydrogens is 414 g/mol. The van der Waals surface area contributed by atoms with E-state index in [1.165, 1.54) is 5.56 Å². The predicted octanol–water partition coefficient (Wildman–Crippen LogP) is 6.38. The fraction of sp³-hybridized carbons (Fsp3) is 0.222. The summed E-state index contributed by atoms with van der Waals surface area (Å²) in [5.74, 6) is 0.0262. The van der Waals surface area contributed by atoms with E-state index in [4.69, 9.17) is 4.74 Å². The third-order valence-electron chi connectivity index (χ3n) is 5.45. The zero-order chi connectivity index (χ0) is 23.4. The number of carbonyl (C=O) groups is 1. The number of carbonyl (C=O) groups excluding carboxylic acids is 1. The van der Waals surface area contributed by atoms with E-state index in [9.17, 15) is 9.90 Å². The molecule has 4 aromatic rings. The number of amides is 1. The molecule has 0 unspecified atom stereocenters. The summed E-state index contributed by atoms with van der Waals surface area (Å²) in [5, 5.41) is 19.4. The lowest BCUT2D eigenvalue weighted by Crippen LogP contribution is -2.11. The maximum absolute atomic E-state index is 12.3. The Hall–Kier alpha value is -3.93. The molecule has 4 rings (SSSR count). The van der Waals surface area contributed by atoms with Crippen LogP contribution in [0.4, 0.5) is 5.69 Å². The van der Waals surface area contributed by atoms with Crippen LogP contribution in [0.25, 0.3) is 10.9 Å². The first-order valence-corrected chi connectivity index (χ1v) is 10.8. The average molecular weight is 442 g/mol. The van der Waals surface area contributed by atoms with Gasteiger partial charge in [-0.3, -0.25) is 4.79 Å². The molecule has 6 nitrogen and oxygen atoms in total. The number of aromatic hydroxyl groups is 1. The third-order valence-corrected chi connectivity index (χ3v) is 5.45. The van der Waals surface area contributed by atoms with Gasteiger partial charge in [0, 0.05) is 5.39 Å². The van der Waals surface area contributed by atoms with E-state index in [1.54, 1.807) is 4.57 Å². The minimum atomic E-state index is -0.533. The van der Waals surface area contributed by atoms with E-state index in [1.807, 2.05) is 78.9 Å². The lowest BCUT2D eigenvalue weighted by Gasteiger charge is -2.19. The Labute approximate surface area is 193 Å². The smallest absolute Gasteiger partial charge is 0.302 e. The van der Waals surface area contributed by atoms with Crippen molar-refractivity contribution in [3.05, 3.63) is 90.0 Å². The van der Waals surface area contributed by atoms with Crippen molar-refractivity contribution in [1.29, 1.82) is 0 Å². The summed E-state index contributed by atoms with van der Waals surface area (Å²) in [6.07, 6.45) is 0. The summed E-state index contributed by atoms with van der Waals surface area (Å²) in [7, 11) is 0. The fourth-order valence-corrected chi connectivity index (χ4v) is 3.63. The molecular formula is C27H27N3O3. The molecule has 0 atom stereocenters. The number of fused-ring (bicyclic) bond motifs is 1. The highest BCUT2D eigenvalue weighted by Gasteiger charge is 2.17. The van der Waals surface area contributed by atoms with Crippen LogP contribution < -0.4 is 4.74 Å². The summed E-state index contributed by atoms with van der Waals surface area (Å²) in [6.45, 7) is 6.66. The molecule has 1 heterocycles. The van der Waals surface area contributed by atoms with E-state index in [2.05, 4.69) is 31.0 Å². The van der Waals surface area contributed by atoms with Gasteiger partial charge in [-0.1, -0.05) is 81.4 Å². The first-order chi connectivity index (χ1) is 15.8. The molecule has 0 saturated carbocycles. The van der Waals surface area contributed by atoms with Crippen LogP contribution in [0.1, 0.15) is 31.9 Å². The number of benzene rings is 3. The van der Waals surface area contributed by atoms with Crippen molar-refractivity contribution in [3.8, 4) is 11.6 Å². The second kappa shape index (κ2) is 9.28. The lowest BCUT2D eigenvalue weighted by atomic mass is 9.87. The first kappa shape index (κ1) is 22.3. The van der Waals surface area contributed by atoms with Gasteiger partial charge in [-0.2, -0.15) is 0 Å². The molecule has 0 spiro atoms. The zero-order valence-electron chi connectivity index (χ0n) is 19.0. The molecule has 0 aliphatic carbocycles. The standard InChI is InChI=1S/C27H27N3O3/c1-27(2,3)20-13-15-21(16-14-20)33-18-24(31)28-29-25-22-11-7-8-12-23(22)30(26(25)32)17-19-9-5-4-6-10-19/h4-16,32H,17-18H2,1-3H3. The highest BCUT2D eigenvalue weighted by molar-refractivity contribution is 5.95. The number of hydrogen-bond donors (Lipinski definition) is 1. The quantitative estimate of drug-likeness (QED) is 0.353. The number of para-hydroxylation sites is 1. The monoisotopic (exact) mass is 441 g/mol. The molecule has 1 N–H and O–H groups in total. The van der Waals surface area contributed by atoms with Gasteiger partial charge in [-0.25, -0.2) is 0 Å². The van der Waals surface area contributed by atoms with Crippen LogP contribution in [0.3, 0.4) is 0 Å². The normalized spacial score (nSPS) is 11.8. The Morgan fingerprint density at radius 1 is 0.939 bits per heavy atom. The van der Waals surface area contributed by atoms with Gasteiger partial charge in [-0.05, 0) is 34.7 Å². The maximum atomic E-state index is 12.3. The van der Waals surface area contributed by atoms with Crippen molar-refractivity contribution >= 4 is 22.5 Å². The minimum Gasteiger partial charge on any atom is -0.493 e. The van der Waals surface area contributed by atoms with Crippen molar-refractivity contribution < 1.29 is 14.6 Å². The molecule has 6 heteroatoms. The summed E-state index contributed by atoms with van der Waals surface area (Å²) in [5.41, 5.74) is 3.35. The lowest BCUT2D eigenvalue weighted by molar-refractivity contribution is -0.120. The number of nitrogens with zero attached hydrogens (tertiary/aromatic N) is 3. The van der Waals surface area contributed by atoms with Crippen molar-refractivity contribution in [2.45, 2.75) is 32.7 Å². The van der Waals surface area contributed by atoms with Crippen molar-refractivity contribution in [2.24, 2.45) is 10.2 Å². The van der Waals surface area contributed by atoms with Gasteiger partial charge >= 0.3 is 5.91 Å². The molecule has 1 aromatic heterocycles. The van der Waals surface area contributed by atoms with Crippen LogP contribution >= 0.6 is 0 Å². The van der Waals surface area contributed by atoms with Crippen LogP contribution in [-0.4, -0.2) is 22.2 Å². The molecule has 0 saturated heterocycles.